The van der Waals surface area contributed by atoms with Crippen LogP contribution >= 0.6 is 0 Å². The average Bonchev–Trinajstić information content (AvgIpc) is 2.89. The lowest BCUT2D eigenvalue weighted by Gasteiger charge is -2.58. The summed E-state index contributed by atoms with van der Waals surface area (Å²) in [5.74, 6) is 5.65. The molecule has 2 aliphatic heterocycles. The minimum atomic E-state index is -2.29. The number of piperidine rings is 1. The molecule has 136 valence electrons. The Balaban J connectivity index is 1.76. The van der Waals surface area contributed by atoms with Gasteiger partial charge in [0, 0.05) is 39.5 Å². The zero-order valence-corrected chi connectivity index (χ0v) is 15.5. The van der Waals surface area contributed by atoms with Crippen LogP contribution in [0.3, 0.4) is 0 Å². The van der Waals surface area contributed by atoms with Crippen molar-refractivity contribution in [2.45, 2.75) is 49.4 Å². The van der Waals surface area contributed by atoms with Crippen LogP contribution in [-0.4, -0.2) is 52.6 Å². The largest absolute Gasteiger partial charge is 0.493 e. The van der Waals surface area contributed by atoms with E-state index in [2.05, 4.69) is 16.2 Å². The normalized spacial score (nSPS) is 40.8. The Labute approximate surface area is 148 Å². The van der Waals surface area contributed by atoms with E-state index in [1.807, 2.05) is 6.07 Å². The van der Waals surface area contributed by atoms with Gasteiger partial charge in [0.05, 0.1) is 7.11 Å². The molecule has 0 radical (unpaired) electrons. The SMILES string of the molecule is C=S(C)(=O)N1CC[C@@]23c4c5ccc(OC)c4O[C@@H]2C(F)CCC3[C@@H]1C5. The first-order chi connectivity index (χ1) is 11.9. The van der Waals surface area contributed by atoms with E-state index < -0.39 is 22.0 Å². The van der Waals surface area contributed by atoms with Gasteiger partial charge in [-0.2, -0.15) is 0 Å². The Bertz CT molecular complexity index is 854. The van der Waals surface area contributed by atoms with E-state index in [0.717, 1.165) is 25.0 Å². The second-order valence-corrected chi connectivity index (χ2v) is 10.4. The van der Waals surface area contributed by atoms with E-state index in [0.29, 0.717) is 18.7 Å². The summed E-state index contributed by atoms with van der Waals surface area (Å²) in [6, 6.07) is 4.15. The van der Waals surface area contributed by atoms with Gasteiger partial charge in [0.2, 0.25) is 0 Å². The molecule has 1 spiro atoms. The molecule has 2 aliphatic carbocycles. The maximum Gasteiger partial charge on any atom is 0.165 e. The van der Waals surface area contributed by atoms with Crippen molar-refractivity contribution >= 4 is 15.6 Å². The number of ether oxygens (including phenoxy) is 2. The monoisotopic (exact) mass is 365 g/mol. The Kier molecular flexibility index (Phi) is 3.13. The Morgan fingerprint density at radius 3 is 2.96 bits per heavy atom. The third kappa shape index (κ3) is 1.85. The number of nitrogens with zero attached hydrogens (tertiary/aromatic N) is 1. The minimum absolute atomic E-state index is 0.147. The smallest absolute Gasteiger partial charge is 0.165 e. The summed E-state index contributed by atoms with van der Waals surface area (Å²) in [5, 5.41) is 0. The lowest BCUT2D eigenvalue weighted by molar-refractivity contribution is -0.0629. The van der Waals surface area contributed by atoms with E-state index in [1.165, 1.54) is 11.1 Å². The summed E-state index contributed by atoms with van der Waals surface area (Å²) in [7, 11) is -0.652. The van der Waals surface area contributed by atoms with Crippen molar-refractivity contribution in [2.75, 3.05) is 19.9 Å². The molecule has 0 amide bonds. The third-order valence-electron chi connectivity index (χ3n) is 6.89. The molecule has 2 fully saturated rings. The number of benzene rings is 1. The van der Waals surface area contributed by atoms with Gasteiger partial charge in [0.1, 0.15) is 12.3 Å². The molecule has 5 rings (SSSR count). The fourth-order valence-electron chi connectivity index (χ4n) is 6.08. The molecule has 6 heteroatoms. The standard InChI is InChI=1S/C19H24FNO3S/c1-23-15-7-4-11-10-14-12-5-6-13(20)18-19(12,16(11)17(15)24-18)8-9-21(14)25(2,3)22/h4,7,12-14,18H,2,5-6,8-10H2,1,3H3/t12?,13?,14-,18+,19+,25?/m0/s1. The van der Waals surface area contributed by atoms with E-state index >= 15 is 0 Å². The zero-order chi connectivity index (χ0) is 17.6. The lowest BCUT2D eigenvalue weighted by atomic mass is 9.52. The summed E-state index contributed by atoms with van der Waals surface area (Å²) < 4.78 is 41.5. The molecule has 1 saturated carbocycles. The topological polar surface area (TPSA) is 38.8 Å². The van der Waals surface area contributed by atoms with Gasteiger partial charge in [-0.15, -0.1) is 0 Å². The van der Waals surface area contributed by atoms with E-state index in [1.54, 1.807) is 13.4 Å². The average molecular weight is 365 g/mol. The van der Waals surface area contributed by atoms with Gasteiger partial charge < -0.3 is 9.47 Å². The van der Waals surface area contributed by atoms with Crippen LogP contribution in [0.15, 0.2) is 12.1 Å². The van der Waals surface area contributed by atoms with Crippen molar-refractivity contribution in [3.05, 3.63) is 23.3 Å². The minimum Gasteiger partial charge on any atom is -0.493 e. The number of halogens is 1. The molecule has 3 unspecified atom stereocenters. The molecule has 4 aliphatic rings. The quantitative estimate of drug-likeness (QED) is 0.755. The molecule has 6 atom stereocenters. The molecule has 1 saturated heterocycles. The molecule has 1 aromatic carbocycles. The highest BCUT2D eigenvalue weighted by atomic mass is 32.2. The second kappa shape index (κ2) is 4.92. The van der Waals surface area contributed by atoms with Gasteiger partial charge in [-0.3, -0.25) is 4.21 Å². The van der Waals surface area contributed by atoms with Crippen LogP contribution in [0.4, 0.5) is 4.39 Å². The summed E-state index contributed by atoms with van der Waals surface area (Å²) in [5.41, 5.74) is 2.06. The first-order valence-corrected chi connectivity index (χ1v) is 11.1. The maximum atomic E-state index is 14.9. The van der Waals surface area contributed by atoms with Crippen LogP contribution in [0.2, 0.25) is 0 Å². The third-order valence-corrected chi connectivity index (χ3v) is 8.34. The van der Waals surface area contributed by atoms with Crippen LogP contribution < -0.4 is 9.47 Å². The number of rotatable bonds is 2. The first kappa shape index (κ1) is 15.9. The molecule has 25 heavy (non-hydrogen) atoms. The highest BCUT2D eigenvalue weighted by molar-refractivity contribution is 7.97. The van der Waals surface area contributed by atoms with Crippen molar-refractivity contribution in [3.8, 4) is 11.5 Å². The van der Waals surface area contributed by atoms with Crippen LogP contribution in [-0.2, 0) is 21.5 Å². The van der Waals surface area contributed by atoms with Crippen molar-refractivity contribution in [2.24, 2.45) is 5.92 Å². The number of hydrogen-bond acceptors (Lipinski definition) is 3. The molecule has 0 aromatic heterocycles. The van der Waals surface area contributed by atoms with Gasteiger partial charge in [0.25, 0.3) is 0 Å². The highest BCUT2D eigenvalue weighted by Crippen LogP contribution is 2.64. The predicted molar refractivity (Wildman–Crippen MR) is 96.7 cm³/mol. The van der Waals surface area contributed by atoms with Crippen LogP contribution in [0.1, 0.15) is 30.4 Å². The van der Waals surface area contributed by atoms with Gasteiger partial charge in [-0.05, 0) is 49.1 Å². The van der Waals surface area contributed by atoms with Crippen molar-refractivity contribution in [1.82, 2.24) is 4.31 Å². The summed E-state index contributed by atoms with van der Waals surface area (Å²) in [6.07, 6.45) is 3.24. The zero-order valence-electron chi connectivity index (χ0n) is 14.7. The fourth-order valence-corrected chi connectivity index (χ4v) is 7.35. The number of methoxy groups -OCH3 is 1. The van der Waals surface area contributed by atoms with Gasteiger partial charge in [-0.25, -0.2) is 8.70 Å². The fraction of sp³-hybridized carbons (Fsp3) is 0.632. The molecule has 1 aromatic rings. The summed E-state index contributed by atoms with van der Waals surface area (Å²) in [6.45, 7) is 0.683. The summed E-state index contributed by atoms with van der Waals surface area (Å²) >= 11 is 0. The predicted octanol–water partition coefficient (Wildman–Crippen LogP) is 2.33. The van der Waals surface area contributed by atoms with E-state index in [-0.39, 0.29) is 17.4 Å². The van der Waals surface area contributed by atoms with Crippen LogP contribution in [0, 0.1) is 5.92 Å². The Morgan fingerprint density at radius 1 is 1.44 bits per heavy atom. The van der Waals surface area contributed by atoms with Gasteiger partial charge in [-0.1, -0.05) is 6.07 Å². The molecular formula is C19H24FNO3S. The molecule has 2 heterocycles. The Hall–Kier alpha value is -1.27. The van der Waals surface area contributed by atoms with Gasteiger partial charge >= 0.3 is 0 Å². The maximum absolute atomic E-state index is 14.9. The number of hydrogen-bond donors (Lipinski definition) is 0. The van der Waals surface area contributed by atoms with E-state index in [4.69, 9.17) is 9.47 Å². The van der Waals surface area contributed by atoms with E-state index in [9.17, 15) is 8.60 Å². The molecule has 0 N–H and O–H groups in total. The van der Waals surface area contributed by atoms with Crippen molar-refractivity contribution in [3.63, 3.8) is 0 Å². The lowest BCUT2D eigenvalue weighted by Crippen LogP contribution is -2.67. The first-order valence-electron chi connectivity index (χ1n) is 8.98. The van der Waals surface area contributed by atoms with Crippen molar-refractivity contribution in [1.29, 1.82) is 0 Å². The second-order valence-electron chi connectivity index (χ2n) is 8.03. The molecule has 2 bridgehead atoms. The van der Waals surface area contributed by atoms with Crippen LogP contribution in [0.25, 0.3) is 0 Å². The summed E-state index contributed by atoms with van der Waals surface area (Å²) in [4.78, 5) is 0. The molecule has 4 nitrogen and oxygen atoms in total. The number of alkyl halides is 1. The van der Waals surface area contributed by atoms with Crippen molar-refractivity contribution < 1.29 is 18.1 Å². The molecular weight excluding hydrogens is 341 g/mol. The van der Waals surface area contributed by atoms with Crippen LogP contribution in [0.5, 0.6) is 11.5 Å². The Morgan fingerprint density at radius 2 is 2.24 bits per heavy atom. The highest BCUT2D eigenvalue weighted by Gasteiger charge is 2.66. The van der Waals surface area contributed by atoms with Gasteiger partial charge in [0.15, 0.2) is 11.5 Å².